The average Bonchev–Trinajstić information content (AvgIpc) is 2.95. The summed E-state index contributed by atoms with van der Waals surface area (Å²) in [6.45, 7) is 8.19. The third-order valence-electron chi connectivity index (χ3n) is 5.28. The molecule has 0 aromatic heterocycles. The van der Waals surface area contributed by atoms with Gasteiger partial charge in [-0.2, -0.15) is 0 Å². The van der Waals surface area contributed by atoms with Crippen molar-refractivity contribution in [2.75, 3.05) is 24.5 Å². The number of anilines is 1. The van der Waals surface area contributed by atoms with Gasteiger partial charge < -0.3 is 10.2 Å². The van der Waals surface area contributed by atoms with Gasteiger partial charge in [-0.25, -0.2) is 0 Å². The van der Waals surface area contributed by atoms with Crippen molar-refractivity contribution < 1.29 is 0 Å². The Balaban J connectivity index is 1.74. The van der Waals surface area contributed by atoms with Crippen LogP contribution in [0.25, 0.3) is 0 Å². The van der Waals surface area contributed by atoms with Gasteiger partial charge in [0.2, 0.25) is 0 Å². The molecule has 2 heteroatoms. The van der Waals surface area contributed by atoms with Gasteiger partial charge in [0.05, 0.1) is 0 Å². The number of nitrogens with one attached hydrogen (secondary N) is 1. The second-order valence-corrected chi connectivity index (χ2v) is 7.40. The molecule has 1 aliphatic carbocycles. The fourth-order valence-electron chi connectivity index (χ4n) is 4.12. The second kappa shape index (κ2) is 6.39. The Morgan fingerprint density at radius 2 is 1.90 bits per heavy atom. The first kappa shape index (κ1) is 14.9. The molecule has 1 heterocycles. The van der Waals surface area contributed by atoms with Crippen LogP contribution >= 0.6 is 0 Å². The molecule has 0 radical (unpaired) electrons. The lowest BCUT2D eigenvalue weighted by atomic mass is 9.84. The van der Waals surface area contributed by atoms with Crippen molar-refractivity contribution in [2.24, 2.45) is 5.41 Å². The molecule has 21 heavy (non-hydrogen) atoms. The predicted octanol–water partition coefficient (Wildman–Crippen LogP) is 4.00. The van der Waals surface area contributed by atoms with Gasteiger partial charge in [-0.3, -0.25) is 0 Å². The van der Waals surface area contributed by atoms with Crippen LogP contribution in [0.3, 0.4) is 0 Å². The fourth-order valence-corrected chi connectivity index (χ4v) is 4.12. The Kier molecular flexibility index (Phi) is 4.54. The highest BCUT2D eigenvalue weighted by atomic mass is 15.1. The first-order valence-corrected chi connectivity index (χ1v) is 8.75. The van der Waals surface area contributed by atoms with Crippen molar-refractivity contribution >= 4 is 5.69 Å². The van der Waals surface area contributed by atoms with Crippen LogP contribution in [0.2, 0.25) is 0 Å². The highest BCUT2D eigenvalue weighted by molar-refractivity contribution is 5.55. The topological polar surface area (TPSA) is 15.3 Å². The maximum atomic E-state index is 3.72. The van der Waals surface area contributed by atoms with Crippen LogP contribution in [-0.2, 0) is 6.42 Å². The van der Waals surface area contributed by atoms with Crippen LogP contribution in [-0.4, -0.2) is 25.7 Å². The minimum atomic E-state index is 0.495. The smallest absolute Gasteiger partial charge is 0.0398 e. The first-order valence-electron chi connectivity index (χ1n) is 8.75. The number of para-hydroxylation sites is 1. The van der Waals surface area contributed by atoms with E-state index in [9.17, 15) is 0 Å². The molecular weight excluding hydrogens is 256 g/mol. The summed E-state index contributed by atoms with van der Waals surface area (Å²) in [6.07, 6.45) is 8.18. The molecular formula is C19H30N2. The van der Waals surface area contributed by atoms with Gasteiger partial charge in [-0.1, -0.05) is 44.9 Å². The molecule has 3 rings (SSSR count). The maximum Gasteiger partial charge on any atom is 0.0398 e. The molecule has 2 aliphatic rings. The highest BCUT2D eigenvalue weighted by Gasteiger charge is 2.36. The van der Waals surface area contributed by atoms with Crippen molar-refractivity contribution in [3.63, 3.8) is 0 Å². The van der Waals surface area contributed by atoms with Crippen molar-refractivity contribution in [2.45, 2.75) is 58.4 Å². The molecule has 1 aliphatic heterocycles. The Bertz CT molecular complexity index is 460. The van der Waals surface area contributed by atoms with Crippen molar-refractivity contribution in [3.05, 3.63) is 29.8 Å². The standard InChI is InChI=1S/C19H30N2/c1-16(2)20-14-19(11-5-6-12-19)15-21-13-7-9-17-8-3-4-10-18(17)21/h3-4,8,10,16,20H,5-7,9,11-15H2,1-2H3. The van der Waals surface area contributed by atoms with Crippen LogP contribution in [0, 0.1) is 5.41 Å². The molecule has 0 unspecified atom stereocenters. The minimum Gasteiger partial charge on any atom is -0.371 e. The van der Waals surface area contributed by atoms with E-state index in [-0.39, 0.29) is 0 Å². The minimum absolute atomic E-state index is 0.495. The van der Waals surface area contributed by atoms with Gasteiger partial charge in [0, 0.05) is 36.8 Å². The molecule has 0 saturated heterocycles. The molecule has 1 fully saturated rings. The molecule has 1 saturated carbocycles. The zero-order chi connectivity index (χ0) is 14.7. The summed E-state index contributed by atoms with van der Waals surface area (Å²) in [4.78, 5) is 2.67. The van der Waals surface area contributed by atoms with E-state index in [1.807, 2.05) is 0 Å². The first-order chi connectivity index (χ1) is 10.2. The number of hydrogen-bond acceptors (Lipinski definition) is 2. The monoisotopic (exact) mass is 286 g/mol. The van der Waals surface area contributed by atoms with Crippen LogP contribution in [0.1, 0.15) is 51.5 Å². The van der Waals surface area contributed by atoms with Gasteiger partial charge in [0.15, 0.2) is 0 Å². The van der Waals surface area contributed by atoms with E-state index in [1.165, 1.54) is 63.8 Å². The Hall–Kier alpha value is -1.02. The van der Waals surface area contributed by atoms with E-state index in [1.54, 1.807) is 5.56 Å². The van der Waals surface area contributed by atoms with E-state index >= 15 is 0 Å². The normalized spacial score (nSPS) is 20.8. The molecule has 2 nitrogen and oxygen atoms in total. The molecule has 1 N–H and O–H groups in total. The molecule has 1 aromatic carbocycles. The van der Waals surface area contributed by atoms with E-state index < -0.39 is 0 Å². The van der Waals surface area contributed by atoms with E-state index in [2.05, 4.69) is 48.3 Å². The van der Waals surface area contributed by atoms with Crippen LogP contribution in [0.15, 0.2) is 24.3 Å². The fraction of sp³-hybridized carbons (Fsp3) is 0.684. The maximum absolute atomic E-state index is 3.72. The van der Waals surface area contributed by atoms with Crippen molar-refractivity contribution in [3.8, 4) is 0 Å². The summed E-state index contributed by atoms with van der Waals surface area (Å²) in [7, 11) is 0. The summed E-state index contributed by atoms with van der Waals surface area (Å²) in [5.74, 6) is 0. The third kappa shape index (κ3) is 3.42. The summed E-state index contributed by atoms with van der Waals surface area (Å²) >= 11 is 0. The second-order valence-electron chi connectivity index (χ2n) is 7.40. The lowest BCUT2D eigenvalue weighted by Crippen LogP contribution is -2.45. The van der Waals surface area contributed by atoms with Gasteiger partial charge in [0.25, 0.3) is 0 Å². The number of rotatable bonds is 5. The number of fused-ring (bicyclic) bond motifs is 1. The largest absolute Gasteiger partial charge is 0.371 e. The van der Waals surface area contributed by atoms with E-state index in [4.69, 9.17) is 0 Å². The lowest BCUT2D eigenvalue weighted by molar-refractivity contribution is 0.273. The SMILES string of the molecule is CC(C)NCC1(CN2CCCc3ccccc32)CCCC1. The molecule has 0 atom stereocenters. The third-order valence-corrected chi connectivity index (χ3v) is 5.28. The number of aryl methyl sites for hydroxylation is 1. The molecule has 0 spiro atoms. The zero-order valence-corrected chi connectivity index (χ0v) is 13.7. The van der Waals surface area contributed by atoms with Crippen LogP contribution in [0.5, 0.6) is 0 Å². The highest BCUT2D eigenvalue weighted by Crippen LogP contribution is 2.40. The van der Waals surface area contributed by atoms with Gasteiger partial charge in [-0.05, 0) is 37.3 Å². The predicted molar refractivity (Wildman–Crippen MR) is 91.0 cm³/mol. The van der Waals surface area contributed by atoms with E-state index in [0.717, 1.165) is 0 Å². The van der Waals surface area contributed by atoms with Crippen molar-refractivity contribution in [1.29, 1.82) is 0 Å². The van der Waals surface area contributed by atoms with Crippen LogP contribution < -0.4 is 10.2 Å². The molecule has 1 aromatic rings. The van der Waals surface area contributed by atoms with Gasteiger partial charge in [-0.15, -0.1) is 0 Å². The summed E-state index contributed by atoms with van der Waals surface area (Å²) < 4.78 is 0. The van der Waals surface area contributed by atoms with E-state index in [0.29, 0.717) is 11.5 Å². The van der Waals surface area contributed by atoms with Crippen LogP contribution in [0.4, 0.5) is 5.69 Å². The number of benzene rings is 1. The number of nitrogens with zero attached hydrogens (tertiary/aromatic N) is 1. The summed E-state index contributed by atoms with van der Waals surface area (Å²) in [5.41, 5.74) is 3.54. The molecule has 0 bridgehead atoms. The number of hydrogen-bond donors (Lipinski definition) is 1. The zero-order valence-electron chi connectivity index (χ0n) is 13.7. The Morgan fingerprint density at radius 3 is 2.67 bits per heavy atom. The summed E-state index contributed by atoms with van der Waals surface area (Å²) in [5, 5.41) is 3.72. The quantitative estimate of drug-likeness (QED) is 0.880. The summed E-state index contributed by atoms with van der Waals surface area (Å²) in [6, 6.07) is 9.62. The molecule has 116 valence electrons. The Labute approximate surface area is 129 Å². The van der Waals surface area contributed by atoms with Gasteiger partial charge in [0.1, 0.15) is 0 Å². The average molecular weight is 286 g/mol. The lowest BCUT2D eigenvalue weighted by Gasteiger charge is -2.40. The van der Waals surface area contributed by atoms with Crippen molar-refractivity contribution in [1.82, 2.24) is 5.32 Å². The Morgan fingerprint density at radius 1 is 1.14 bits per heavy atom. The molecule has 0 amide bonds. The van der Waals surface area contributed by atoms with Gasteiger partial charge >= 0.3 is 0 Å².